The van der Waals surface area contributed by atoms with Crippen LogP contribution < -0.4 is 5.73 Å². The van der Waals surface area contributed by atoms with Crippen molar-refractivity contribution in [1.29, 1.82) is 0 Å². The Bertz CT molecular complexity index is 473. The molecule has 3 N–H and O–H groups in total. The minimum absolute atomic E-state index is 0.0743. The Kier molecular flexibility index (Phi) is 1.55. The molecule has 4 nitrogen and oxygen atoms in total. The molecule has 0 atom stereocenters. The van der Waals surface area contributed by atoms with Crippen LogP contribution in [0, 0.1) is 0 Å². The van der Waals surface area contributed by atoms with Gasteiger partial charge in [0.05, 0.1) is 11.0 Å². The molecule has 2 aromatic rings. The van der Waals surface area contributed by atoms with Crippen LogP contribution in [0.5, 0.6) is 0 Å². The van der Waals surface area contributed by atoms with Crippen LogP contribution in [0.15, 0.2) is 18.2 Å². The van der Waals surface area contributed by atoms with Gasteiger partial charge in [-0.3, -0.25) is 4.79 Å². The number of rotatable bonds is 1. The van der Waals surface area contributed by atoms with Gasteiger partial charge in [-0.1, -0.05) is 0 Å². The zero-order valence-corrected chi connectivity index (χ0v) is 7.16. The highest BCUT2D eigenvalue weighted by atomic mass is 16.1. The number of hydrogen-bond acceptors (Lipinski definition) is 3. The van der Waals surface area contributed by atoms with Gasteiger partial charge in [-0.25, -0.2) is 4.98 Å². The van der Waals surface area contributed by atoms with Gasteiger partial charge in [-0.15, -0.1) is 0 Å². The second kappa shape index (κ2) is 2.58. The number of carbonyl (C=O) groups excluding carboxylic acids is 1. The highest BCUT2D eigenvalue weighted by Gasteiger charge is 2.05. The quantitative estimate of drug-likeness (QED) is 0.507. The number of aromatic amines is 1. The zero-order valence-electron chi connectivity index (χ0n) is 7.16. The maximum atomic E-state index is 11.0. The minimum Gasteiger partial charge on any atom is -0.399 e. The van der Waals surface area contributed by atoms with E-state index in [1.165, 1.54) is 6.92 Å². The number of ketones is 1. The summed E-state index contributed by atoms with van der Waals surface area (Å²) >= 11 is 0. The molecule has 13 heavy (non-hydrogen) atoms. The first-order valence-electron chi connectivity index (χ1n) is 3.93. The van der Waals surface area contributed by atoms with Gasteiger partial charge in [0.25, 0.3) is 0 Å². The summed E-state index contributed by atoms with van der Waals surface area (Å²) in [4.78, 5) is 18.0. The topological polar surface area (TPSA) is 71.8 Å². The summed E-state index contributed by atoms with van der Waals surface area (Å²) in [5, 5.41) is 0. The number of Topliss-reactive ketones (excluding diaryl/α,β-unsaturated/α-hetero) is 1. The molecule has 0 spiro atoms. The van der Waals surface area contributed by atoms with Crippen LogP contribution in [0.3, 0.4) is 0 Å². The van der Waals surface area contributed by atoms with Gasteiger partial charge in [0.2, 0.25) is 0 Å². The predicted molar refractivity (Wildman–Crippen MR) is 50.5 cm³/mol. The smallest absolute Gasteiger partial charge is 0.195 e. The fourth-order valence-corrected chi connectivity index (χ4v) is 1.19. The average Bonchev–Trinajstić information content (AvgIpc) is 2.46. The van der Waals surface area contributed by atoms with E-state index >= 15 is 0 Å². The Morgan fingerprint density at radius 3 is 3.00 bits per heavy atom. The van der Waals surface area contributed by atoms with Crippen LogP contribution in [0.2, 0.25) is 0 Å². The second-order valence-electron chi connectivity index (χ2n) is 2.92. The summed E-state index contributed by atoms with van der Waals surface area (Å²) in [6.45, 7) is 1.47. The van der Waals surface area contributed by atoms with Crippen molar-refractivity contribution in [2.24, 2.45) is 0 Å². The maximum absolute atomic E-state index is 11.0. The Labute approximate surface area is 74.8 Å². The largest absolute Gasteiger partial charge is 0.399 e. The third kappa shape index (κ3) is 1.26. The Morgan fingerprint density at radius 2 is 2.31 bits per heavy atom. The van der Waals surface area contributed by atoms with Crippen LogP contribution in [-0.4, -0.2) is 15.8 Å². The molecule has 0 bridgehead atoms. The zero-order chi connectivity index (χ0) is 9.42. The molecule has 0 aliphatic heterocycles. The first-order chi connectivity index (χ1) is 6.16. The van der Waals surface area contributed by atoms with E-state index in [0.29, 0.717) is 11.5 Å². The normalized spacial score (nSPS) is 10.5. The third-order valence-corrected chi connectivity index (χ3v) is 1.84. The van der Waals surface area contributed by atoms with Gasteiger partial charge in [0.15, 0.2) is 11.6 Å². The number of nitrogens with zero attached hydrogens (tertiary/aromatic N) is 1. The van der Waals surface area contributed by atoms with Crippen LogP contribution in [0.25, 0.3) is 11.0 Å². The highest BCUT2D eigenvalue weighted by molar-refractivity contribution is 5.94. The molecule has 4 heteroatoms. The van der Waals surface area contributed by atoms with Crippen molar-refractivity contribution >= 4 is 22.5 Å². The molecule has 0 amide bonds. The van der Waals surface area contributed by atoms with Gasteiger partial charge in [-0.05, 0) is 18.2 Å². The standard InChI is InChI=1S/C9H9N3O/c1-5(13)9-11-7-3-2-6(10)4-8(7)12-9/h2-4H,10H2,1H3,(H,11,12). The molecule has 0 aliphatic rings. The number of nitrogens with two attached hydrogens (primary N) is 1. The lowest BCUT2D eigenvalue weighted by molar-refractivity contribution is 0.100. The van der Waals surface area contributed by atoms with E-state index in [0.717, 1.165) is 11.0 Å². The summed E-state index contributed by atoms with van der Waals surface area (Å²) < 4.78 is 0. The van der Waals surface area contributed by atoms with Crippen molar-refractivity contribution in [1.82, 2.24) is 9.97 Å². The molecular formula is C9H9N3O. The van der Waals surface area contributed by atoms with Crippen LogP contribution in [-0.2, 0) is 0 Å². The molecule has 1 aromatic heterocycles. The Morgan fingerprint density at radius 1 is 1.54 bits per heavy atom. The van der Waals surface area contributed by atoms with E-state index in [1.807, 2.05) is 6.07 Å². The lowest BCUT2D eigenvalue weighted by atomic mass is 10.3. The van der Waals surface area contributed by atoms with E-state index in [2.05, 4.69) is 9.97 Å². The number of benzene rings is 1. The van der Waals surface area contributed by atoms with E-state index in [-0.39, 0.29) is 5.78 Å². The SMILES string of the molecule is CC(=O)c1nc2cc(N)ccc2[nH]1. The monoisotopic (exact) mass is 175 g/mol. The number of H-pyrrole nitrogens is 1. The molecule has 0 unspecified atom stereocenters. The molecule has 0 aliphatic carbocycles. The van der Waals surface area contributed by atoms with Gasteiger partial charge in [0.1, 0.15) is 0 Å². The van der Waals surface area contributed by atoms with Crippen molar-refractivity contribution in [2.45, 2.75) is 6.92 Å². The number of imidazole rings is 1. The van der Waals surface area contributed by atoms with Gasteiger partial charge < -0.3 is 10.7 Å². The predicted octanol–water partition coefficient (Wildman–Crippen LogP) is 1.35. The molecular weight excluding hydrogens is 166 g/mol. The molecule has 2 rings (SSSR count). The van der Waals surface area contributed by atoms with Crippen LogP contribution >= 0.6 is 0 Å². The molecule has 0 saturated heterocycles. The van der Waals surface area contributed by atoms with Crippen LogP contribution in [0.4, 0.5) is 5.69 Å². The van der Waals surface area contributed by atoms with Crippen molar-refractivity contribution < 1.29 is 4.79 Å². The number of aromatic nitrogens is 2. The van der Waals surface area contributed by atoms with E-state index in [9.17, 15) is 4.79 Å². The summed E-state index contributed by atoms with van der Waals surface area (Å²) in [5.74, 6) is 0.301. The van der Waals surface area contributed by atoms with Gasteiger partial charge in [0, 0.05) is 12.6 Å². The number of fused-ring (bicyclic) bond motifs is 1. The minimum atomic E-state index is -0.0743. The van der Waals surface area contributed by atoms with Gasteiger partial charge >= 0.3 is 0 Å². The second-order valence-corrected chi connectivity index (χ2v) is 2.92. The number of nitrogens with one attached hydrogen (secondary N) is 1. The molecule has 66 valence electrons. The summed E-state index contributed by atoms with van der Waals surface area (Å²) in [6.07, 6.45) is 0. The van der Waals surface area contributed by atoms with E-state index in [1.54, 1.807) is 12.1 Å². The number of nitrogen functional groups attached to an aromatic ring is 1. The summed E-state index contributed by atoms with van der Waals surface area (Å²) in [5.41, 5.74) is 7.78. The van der Waals surface area contributed by atoms with Crippen molar-refractivity contribution in [3.63, 3.8) is 0 Å². The molecule has 0 radical (unpaired) electrons. The lowest BCUT2D eigenvalue weighted by Crippen LogP contribution is -1.93. The van der Waals surface area contributed by atoms with Crippen molar-refractivity contribution in [3.8, 4) is 0 Å². The Hall–Kier alpha value is -1.84. The highest BCUT2D eigenvalue weighted by Crippen LogP contribution is 2.14. The average molecular weight is 175 g/mol. The van der Waals surface area contributed by atoms with Crippen molar-refractivity contribution in [3.05, 3.63) is 24.0 Å². The molecule has 0 saturated carbocycles. The lowest BCUT2D eigenvalue weighted by Gasteiger charge is -1.89. The fraction of sp³-hybridized carbons (Fsp3) is 0.111. The van der Waals surface area contributed by atoms with E-state index in [4.69, 9.17) is 5.73 Å². The number of anilines is 1. The van der Waals surface area contributed by atoms with E-state index < -0.39 is 0 Å². The van der Waals surface area contributed by atoms with Crippen LogP contribution in [0.1, 0.15) is 17.5 Å². The summed E-state index contributed by atoms with van der Waals surface area (Å²) in [7, 11) is 0. The van der Waals surface area contributed by atoms with Gasteiger partial charge in [-0.2, -0.15) is 0 Å². The number of carbonyl (C=O) groups is 1. The van der Waals surface area contributed by atoms with Crippen molar-refractivity contribution in [2.75, 3.05) is 5.73 Å². The first kappa shape index (κ1) is 7.79. The number of hydrogen-bond donors (Lipinski definition) is 2. The Balaban J connectivity index is 2.68. The third-order valence-electron chi connectivity index (χ3n) is 1.84. The first-order valence-corrected chi connectivity index (χ1v) is 3.93. The summed E-state index contributed by atoms with van der Waals surface area (Å²) in [6, 6.07) is 5.31. The molecule has 1 heterocycles. The molecule has 0 fully saturated rings. The fourth-order valence-electron chi connectivity index (χ4n) is 1.19. The maximum Gasteiger partial charge on any atom is 0.195 e. The molecule has 1 aromatic carbocycles.